The number of ether oxygens (including phenoxy) is 2. The van der Waals surface area contributed by atoms with Crippen molar-refractivity contribution in [2.24, 2.45) is 0 Å². The molecule has 18 heavy (non-hydrogen) atoms. The summed E-state index contributed by atoms with van der Waals surface area (Å²) >= 11 is 0. The number of methoxy groups -OCH3 is 1. The van der Waals surface area contributed by atoms with Crippen molar-refractivity contribution in [3.63, 3.8) is 0 Å². The minimum Gasteiger partial charge on any atom is -0.384 e. The van der Waals surface area contributed by atoms with Crippen molar-refractivity contribution in [1.82, 2.24) is 5.32 Å². The second kappa shape index (κ2) is 5.83. The van der Waals surface area contributed by atoms with Crippen molar-refractivity contribution in [3.8, 4) is 0 Å². The van der Waals surface area contributed by atoms with E-state index >= 15 is 0 Å². The fourth-order valence-electron chi connectivity index (χ4n) is 2.38. The number of rotatable bonds is 4. The molecule has 100 valence electrons. The van der Waals surface area contributed by atoms with Gasteiger partial charge in [0, 0.05) is 25.6 Å². The van der Waals surface area contributed by atoms with Crippen LogP contribution in [-0.4, -0.2) is 33.4 Å². The average Bonchev–Trinajstić information content (AvgIpc) is 2.40. The molecule has 3 heteroatoms. The summed E-state index contributed by atoms with van der Waals surface area (Å²) in [7, 11) is 1.75. The molecule has 1 fully saturated rings. The maximum absolute atomic E-state index is 5.80. The molecular weight excluding hydrogens is 226 g/mol. The summed E-state index contributed by atoms with van der Waals surface area (Å²) < 4.78 is 11.1. The van der Waals surface area contributed by atoms with Gasteiger partial charge in [0.1, 0.15) is 0 Å². The summed E-state index contributed by atoms with van der Waals surface area (Å²) in [6, 6.07) is 8.67. The second-order valence-electron chi connectivity index (χ2n) is 5.51. The summed E-state index contributed by atoms with van der Waals surface area (Å²) in [5.41, 5.74) is 2.59. The third kappa shape index (κ3) is 3.10. The molecule has 1 heterocycles. The SMILES string of the molecule is COCC(C)(C)c1cccc(C2CNCCO2)c1. The Bertz CT molecular complexity index is 384. The molecule has 1 aromatic carbocycles. The van der Waals surface area contributed by atoms with Crippen LogP contribution in [0.3, 0.4) is 0 Å². The van der Waals surface area contributed by atoms with Gasteiger partial charge in [-0.3, -0.25) is 0 Å². The van der Waals surface area contributed by atoms with Gasteiger partial charge >= 0.3 is 0 Å². The summed E-state index contributed by atoms with van der Waals surface area (Å²) in [5.74, 6) is 0. The molecule has 0 amide bonds. The van der Waals surface area contributed by atoms with E-state index < -0.39 is 0 Å². The fourth-order valence-corrected chi connectivity index (χ4v) is 2.38. The van der Waals surface area contributed by atoms with Crippen LogP contribution in [0.5, 0.6) is 0 Å². The average molecular weight is 249 g/mol. The first kappa shape index (κ1) is 13.5. The van der Waals surface area contributed by atoms with E-state index in [2.05, 4.69) is 43.4 Å². The topological polar surface area (TPSA) is 30.5 Å². The van der Waals surface area contributed by atoms with E-state index in [9.17, 15) is 0 Å². The van der Waals surface area contributed by atoms with Crippen LogP contribution in [-0.2, 0) is 14.9 Å². The normalized spacial score (nSPS) is 20.9. The molecule has 1 N–H and O–H groups in total. The zero-order chi connectivity index (χ0) is 13.0. The Balaban J connectivity index is 2.18. The summed E-state index contributed by atoms with van der Waals surface area (Å²) in [4.78, 5) is 0. The molecule has 0 aliphatic carbocycles. The molecule has 1 aliphatic heterocycles. The Hall–Kier alpha value is -0.900. The van der Waals surface area contributed by atoms with Crippen LogP contribution >= 0.6 is 0 Å². The molecule has 1 aromatic rings. The maximum Gasteiger partial charge on any atom is 0.0949 e. The van der Waals surface area contributed by atoms with Crippen LogP contribution in [0.1, 0.15) is 31.1 Å². The van der Waals surface area contributed by atoms with Gasteiger partial charge in [0.25, 0.3) is 0 Å². The van der Waals surface area contributed by atoms with Crippen molar-refractivity contribution in [1.29, 1.82) is 0 Å². The number of benzene rings is 1. The van der Waals surface area contributed by atoms with E-state index in [1.54, 1.807) is 7.11 Å². The van der Waals surface area contributed by atoms with Crippen molar-refractivity contribution in [2.45, 2.75) is 25.4 Å². The minimum atomic E-state index is 0.0346. The lowest BCUT2D eigenvalue weighted by atomic mass is 9.84. The highest BCUT2D eigenvalue weighted by Gasteiger charge is 2.22. The van der Waals surface area contributed by atoms with Gasteiger partial charge in [-0.25, -0.2) is 0 Å². The summed E-state index contributed by atoms with van der Waals surface area (Å²) in [5, 5.41) is 3.37. The Morgan fingerprint density at radius 2 is 2.28 bits per heavy atom. The smallest absolute Gasteiger partial charge is 0.0949 e. The Morgan fingerprint density at radius 3 is 2.94 bits per heavy atom. The highest BCUT2D eigenvalue weighted by atomic mass is 16.5. The molecule has 2 rings (SSSR count). The lowest BCUT2D eigenvalue weighted by Gasteiger charge is -2.28. The van der Waals surface area contributed by atoms with E-state index in [-0.39, 0.29) is 11.5 Å². The van der Waals surface area contributed by atoms with Gasteiger partial charge in [-0.1, -0.05) is 38.1 Å². The highest BCUT2D eigenvalue weighted by Crippen LogP contribution is 2.27. The van der Waals surface area contributed by atoms with Crippen molar-refractivity contribution < 1.29 is 9.47 Å². The molecule has 0 spiro atoms. The third-order valence-electron chi connectivity index (χ3n) is 3.47. The Morgan fingerprint density at radius 1 is 1.44 bits per heavy atom. The first-order valence-electron chi connectivity index (χ1n) is 6.55. The van der Waals surface area contributed by atoms with Crippen molar-refractivity contribution in [2.75, 3.05) is 33.4 Å². The molecular formula is C15H23NO2. The third-order valence-corrected chi connectivity index (χ3v) is 3.47. The first-order chi connectivity index (χ1) is 8.63. The van der Waals surface area contributed by atoms with Gasteiger partial charge in [-0.2, -0.15) is 0 Å². The van der Waals surface area contributed by atoms with Crippen LogP contribution < -0.4 is 5.32 Å². The van der Waals surface area contributed by atoms with Crippen LogP contribution in [0.2, 0.25) is 0 Å². The summed E-state index contributed by atoms with van der Waals surface area (Å²) in [6.07, 6.45) is 0.178. The van der Waals surface area contributed by atoms with Gasteiger partial charge in [-0.05, 0) is 11.1 Å². The summed E-state index contributed by atoms with van der Waals surface area (Å²) in [6.45, 7) is 7.77. The van der Waals surface area contributed by atoms with Gasteiger partial charge in [0.2, 0.25) is 0 Å². The fraction of sp³-hybridized carbons (Fsp3) is 0.600. The molecule has 0 radical (unpaired) electrons. The quantitative estimate of drug-likeness (QED) is 0.888. The first-order valence-corrected chi connectivity index (χ1v) is 6.55. The number of morpholine rings is 1. The second-order valence-corrected chi connectivity index (χ2v) is 5.51. The van der Waals surface area contributed by atoms with Crippen LogP contribution in [0.4, 0.5) is 0 Å². The van der Waals surface area contributed by atoms with Gasteiger partial charge in [0.05, 0.1) is 19.3 Å². The Kier molecular flexibility index (Phi) is 4.38. The van der Waals surface area contributed by atoms with E-state index in [0.717, 1.165) is 26.3 Å². The standard InChI is InChI=1S/C15H23NO2/c1-15(2,11-17-3)13-6-4-5-12(9-13)14-10-16-7-8-18-14/h4-6,9,14,16H,7-8,10-11H2,1-3H3. The van der Waals surface area contributed by atoms with E-state index in [4.69, 9.17) is 9.47 Å². The van der Waals surface area contributed by atoms with Crippen LogP contribution in [0.15, 0.2) is 24.3 Å². The van der Waals surface area contributed by atoms with Gasteiger partial charge in [0.15, 0.2) is 0 Å². The van der Waals surface area contributed by atoms with E-state index in [0.29, 0.717) is 0 Å². The Labute approximate surface area is 109 Å². The lowest BCUT2D eigenvalue weighted by Crippen LogP contribution is -2.33. The number of nitrogens with one attached hydrogen (secondary N) is 1. The maximum atomic E-state index is 5.80. The number of hydrogen-bond acceptors (Lipinski definition) is 3. The van der Waals surface area contributed by atoms with E-state index in [1.165, 1.54) is 11.1 Å². The molecule has 0 aromatic heterocycles. The molecule has 0 bridgehead atoms. The zero-order valence-electron chi connectivity index (χ0n) is 11.5. The molecule has 1 aliphatic rings. The number of hydrogen-bond donors (Lipinski definition) is 1. The van der Waals surface area contributed by atoms with Crippen LogP contribution in [0, 0.1) is 0 Å². The van der Waals surface area contributed by atoms with Gasteiger partial charge < -0.3 is 14.8 Å². The zero-order valence-corrected chi connectivity index (χ0v) is 11.5. The highest BCUT2D eigenvalue weighted by molar-refractivity contribution is 5.31. The predicted molar refractivity (Wildman–Crippen MR) is 72.9 cm³/mol. The van der Waals surface area contributed by atoms with E-state index in [1.807, 2.05) is 0 Å². The molecule has 1 atom stereocenters. The molecule has 1 saturated heterocycles. The lowest BCUT2D eigenvalue weighted by molar-refractivity contribution is 0.0275. The molecule has 3 nitrogen and oxygen atoms in total. The van der Waals surface area contributed by atoms with Crippen molar-refractivity contribution in [3.05, 3.63) is 35.4 Å². The molecule has 1 unspecified atom stereocenters. The predicted octanol–water partition coefficient (Wildman–Crippen LogP) is 2.27. The van der Waals surface area contributed by atoms with Crippen molar-refractivity contribution >= 4 is 0 Å². The van der Waals surface area contributed by atoms with Crippen LogP contribution in [0.25, 0.3) is 0 Å². The molecule has 0 saturated carbocycles. The minimum absolute atomic E-state index is 0.0346. The monoisotopic (exact) mass is 249 g/mol. The van der Waals surface area contributed by atoms with Gasteiger partial charge in [-0.15, -0.1) is 0 Å². The largest absolute Gasteiger partial charge is 0.384 e.